The van der Waals surface area contributed by atoms with Crippen LogP contribution in [0.3, 0.4) is 0 Å². The monoisotopic (exact) mass is 623 g/mol. The molecule has 1 aliphatic carbocycles. The first kappa shape index (κ1) is 32.7. The topological polar surface area (TPSA) is 128 Å². The number of nitrogens with zero attached hydrogens (tertiary/aromatic N) is 4. The Morgan fingerprint density at radius 1 is 1.07 bits per heavy atom. The van der Waals surface area contributed by atoms with E-state index in [2.05, 4.69) is 34.3 Å². The Morgan fingerprint density at radius 3 is 2.45 bits per heavy atom. The van der Waals surface area contributed by atoms with Crippen LogP contribution in [0.1, 0.15) is 70.2 Å². The Hall–Kier alpha value is -2.64. The Labute approximate surface area is 299 Å². The Morgan fingerprint density at radius 2 is 1.80 bits per heavy atom. The number of benzene rings is 2. The average Bonchev–Trinajstić information content (AvgIpc) is 3.68. The van der Waals surface area contributed by atoms with Gasteiger partial charge in [0.25, 0.3) is 5.56 Å². The molecule has 1 saturated carbocycles. The van der Waals surface area contributed by atoms with E-state index in [0.717, 1.165) is 77.7 Å². The predicted molar refractivity (Wildman–Crippen MR) is 164 cm³/mol. The Balaban J connectivity index is 0.00000230. The zero-order chi connectivity index (χ0) is 29.9. The third-order valence-corrected chi connectivity index (χ3v) is 8.29. The van der Waals surface area contributed by atoms with Crippen LogP contribution in [0, 0.1) is 0 Å². The normalized spacial score (nSPS) is 17.4. The number of H-pyrrole nitrogens is 1. The Kier molecular flexibility index (Phi) is 10.9. The van der Waals surface area contributed by atoms with Gasteiger partial charge in [0.05, 0.1) is 30.7 Å². The summed E-state index contributed by atoms with van der Waals surface area (Å²) in [5.74, 6) is -0.217. The minimum Gasteiger partial charge on any atom is -1.00 e. The third kappa shape index (κ3) is 6.94. The number of fused-ring (bicyclic) bond motifs is 1. The van der Waals surface area contributed by atoms with Crippen molar-refractivity contribution in [1.82, 2.24) is 24.3 Å². The van der Waals surface area contributed by atoms with E-state index in [9.17, 15) is 14.7 Å². The SMILES string of the molecule is CCCc1c(Cc2ccc(-c3ccccc3-c3noc(=O)[nH]3)cc2)c(=O)n(C2CCC(OCC(C)O)CC2)c2ccnn12.[H-].[K+]. The molecule has 1 fully saturated rings. The van der Waals surface area contributed by atoms with Crippen LogP contribution in [0.5, 0.6) is 0 Å². The van der Waals surface area contributed by atoms with E-state index in [1.165, 1.54) is 0 Å². The molecule has 5 aromatic rings. The van der Waals surface area contributed by atoms with Gasteiger partial charge >= 0.3 is 57.1 Å². The van der Waals surface area contributed by atoms with E-state index in [4.69, 9.17) is 9.26 Å². The molecule has 226 valence electrons. The summed E-state index contributed by atoms with van der Waals surface area (Å²) in [6.45, 7) is 4.19. The summed E-state index contributed by atoms with van der Waals surface area (Å²) in [7, 11) is 0. The number of rotatable bonds is 10. The van der Waals surface area contributed by atoms with Crippen LogP contribution < -0.4 is 62.7 Å². The van der Waals surface area contributed by atoms with Crippen molar-refractivity contribution in [3.05, 3.63) is 98.5 Å². The Bertz CT molecular complexity index is 1820. The number of hydrogen-bond donors (Lipinski definition) is 2. The number of aliphatic hydroxyl groups excluding tert-OH is 1. The van der Waals surface area contributed by atoms with Crippen molar-refractivity contribution in [2.24, 2.45) is 0 Å². The van der Waals surface area contributed by atoms with Gasteiger partial charge in [-0.3, -0.25) is 18.9 Å². The summed E-state index contributed by atoms with van der Waals surface area (Å²) in [5.41, 5.74) is 6.30. The molecule has 0 amide bonds. The molecule has 2 N–H and O–H groups in total. The van der Waals surface area contributed by atoms with Gasteiger partial charge in [-0.05, 0) is 55.7 Å². The summed E-state index contributed by atoms with van der Waals surface area (Å²) in [4.78, 5) is 28.5. The molecular formula is C33H38KN5O5. The first-order valence-corrected chi connectivity index (χ1v) is 15.1. The molecule has 44 heavy (non-hydrogen) atoms. The van der Waals surface area contributed by atoms with Gasteiger partial charge in [0.2, 0.25) is 0 Å². The molecule has 3 aromatic heterocycles. The van der Waals surface area contributed by atoms with Crippen molar-refractivity contribution in [2.75, 3.05) is 6.61 Å². The molecule has 1 unspecified atom stereocenters. The summed E-state index contributed by atoms with van der Waals surface area (Å²) in [6.07, 6.45) is 6.92. The van der Waals surface area contributed by atoms with Gasteiger partial charge < -0.3 is 11.3 Å². The quantitative estimate of drug-likeness (QED) is 0.228. The second kappa shape index (κ2) is 14.6. The maximum Gasteiger partial charge on any atom is 1.00 e. The average molecular weight is 624 g/mol. The number of ether oxygens (including phenoxy) is 1. The number of hydrogen-bond acceptors (Lipinski definition) is 7. The molecular weight excluding hydrogens is 585 g/mol. The minimum atomic E-state index is -0.597. The molecule has 0 spiro atoms. The van der Waals surface area contributed by atoms with Gasteiger partial charge in [-0.2, -0.15) is 5.10 Å². The van der Waals surface area contributed by atoms with Gasteiger partial charge in [0.1, 0.15) is 5.65 Å². The minimum absolute atomic E-state index is 0. The first-order chi connectivity index (χ1) is 20.9. The summed E-state index contributed by atoms with van der Waals surface area (Å²) in [5, 5.41) is 18.1. The maximum atomic E-state index is 14.3. The van der Waals surface area contributed by atoms with E-state index in [1.807, 2.05) is 51.5 Å². The van der Waals surface area contributed by atoms with Crippen molar-refractivity contribution in [3.63, 3.8) is 0 Å². The number of nitrogens with one attached hydrogen (secondary N) is 1. The van der Waals surface area contributed by atoms with Crippen LogP contribution in [0.25, 0.3) is 28.2 Å². The predicted octanol–water partition coefficient (Wildman–Crippen LogP) is 2.05. The molecule has 2 aromatic carbocycles. The van der Waals surface area contributed by atoms with Crippen molar-refractivity contribution in [3.8, 4) is 22.5 Å². The number of aliphatic hydroxyl groups is 1. The van der Waals surface area contributed by atoms with Crippen molar-refractivity contribution in [1.29, 1.82) is 0 Å². The van der Waals surface area contributed by atoms with Crippen LogP contribution in [-0.4, -0.2) is 48.2 Å². The van der Waals surface area contributed by atoms with E-state index >= 15 is 0 Å². The number of aryl methyl sites for hydroxylation is 1. The summed E-state index contributed by atoms with van der Waals surface area (Å²) >= 11 is 0. The van der Waals surface area contributed by atoms with E-state index in [-0.39, 0.29) is 70.5 Å². The molecule has 6 rings (SSSR count). The van der Waals surface area contributed by atoms with Crippen molar-refractivity contribution >= 4 is 5.65 Å². The van der Waals surface area contributed by atoms with E-state index in [1.54, 1.807) is 13.1 Å². The summed E-state index contributed by atoms with van der Waals surface area (Å²) in [6, 6.07) is 17.9. The molecule has 1 aliphatic rings. The van der Waals surface area contributed by atoms with Crippen molar-refractivity contribution in [2.45, 2.75) is 77.0 Å². The summed E-state index contributed by atoms with van der Waals surface area (Å²) < 4.78 is 14.5. The molecule has 10 nitrogen and oxygen atoms in total. The van der Waals surface area contributed by atoms with Gasteiger partial charge in [0.15, 0.2) is 5.82 Å². The smallest absolute Gasteiger partial charge is 1.00 e. The first-order valence-electron chi connectivity index (χ1n) is 15.1. The van der Waals surface area contributed by atoms with Crippen LogP contribution >= 0.6 is 0 Å². The van der Waals surface area contributed by atoms with E-state index < -0.39 is 11.9 Å². The molecule has 0 bridgehead atoms. The van der Waals surface area contributed by atoms with Gasteiger partial charge in [-0.1, -0.05) is 67.0 Å². The molecule has 3 heterocycles. The molecule has 11 heteroatoms. The molecule has 0 radical (unpaired) electrons. The van der Waals surface area contributed by atoms with Crippen LogP contribution in [0.4, 0.5) is 0 Å². The molecule has 0 saturated heterocycles. The standard InChI is InChI=1S/C33H37N5O5.K.H/c1-3-6-29-28(19-22-9-11-23(12-10-22)26-7-4-5-8-27(26)31-35-33(41)43-36-31)32(40)37(30-17-18-34-38(29)30)24-13-15-25(16-14-24)42-20-21(2)39;;/h4-5,7-12,17-18,21,24-25,39H,3,6,13-16,19-20H2,1-2H3,(H,35,36,41);;/q;+1;-1. The zero-order valence-corrected chi connectivity index (χ0v) is 28.7. The maximum absolute atomic E-state index is 14.3. The second-order valence-corrected chi connectivity index (χ2v) is 11.4. The largest absolute Gasteiger partial charge is 1.00 e. The zero-order valence-electron chi connectivity index (χ0n) is 26.5. The fourth-order valence-corrected chi connectivity index (χ4v) is 6.25. The molecule has 0 aliphatic heterocycles. The molecule has 1 atom stereocenters. The van der Waals surface area contributed by atoms with Crippen LogP contribution in [0.2, 0.25) is 0 Å². The second-order valence-electron chi connectivity index (χ2n) is 11.4. The third-order valence-electron chi connectivity index (χ3n) is 8.29. The van der Waals surface area contributed by atoms with Crippen LogP contribution in [0.15, 0.2) is 74.9 Å². The number of aromatic nitrogens is 5. The van der Waals surface area contributed by atoms with Crippen LogP contribution in [-0.2, 0) is 17.6 Å². The van der Waals surface area contributed by atoms with Gasteiger partial charge in [-0.15, -0.1) is 0 Å². The van der Waals surface area contributed by atoms with Gasteiger partial charge in [0, 0.05) is 29.7 Å². The number of aromatic amines is 1. The van der Waals surface area contributed by atoms with Gasteiger partial charge in [-0.25, -0.2) is 9.31 Å². The fraction of sp³-hybridized carbons (Fsp3) is 0.394. The van der Waals surface area contributed by atoms with Crippen molar-refractivity contribution < 1.29 is 67.2 Å². The van der Waals surface area contributed by atoms with E-state index in [0.29, 0.717) is 18.9 Å². The fourth-order valence-electron chi connectivity index (χ4n) is 6.25.